The smallest absolute Gasteiger partial charge is 0.154 e. The van der Waals surface area contributed by atoms with Crippen molar-refractivity contribution in [2.75, 3.05) is 18.0 Å². The lowest BCUT2D eigenvalue weighted by atomic mass is 9.88. The van der Waals surface area contributed by atoms with E-state index in [9.17, 15) is 0 Å². The average Bonchev–Trinajstić information content (AvgIpc) is 2.79. The van der Waals surface area contributed by atoms with E-state index in [-0.39, 0.29) is 5.54 Å². The van der Waals surface area contributed by atoms with Crippen LogP contribution in [0.4, 0.5) is 5.82 Å². The molecule has 5 heteroatoms. The molecule has 0 aliphatic carbocycles. The van der Waals surface area contributed by atoms with Gasteiger partial charge in [-0.1, -0.05) is 20.8 Å². The molecular formula is C14H21N5. The lowest BCUT2D eigenvalue weighted by Crippen LogP contribution is -2.67. The van der Waals surface area contributed by atoms with Crippen molar-refractivity contribution in [3.8, 4) is 0 Å². The number of hydrogen-bond acceptors (Lipinski definition) is 4. The van der Waals surface area contributed by atoms with Gasteiger partial charge >= 0.3 is 0 Å². The van der Waals surface area contributed by atoms with Crippen LogP contribution in [0.25, 0.3) is 5.52 Å². The number of nitrogens with zero attached hydrogens (tertiary/aromatic N) is 4. The molecular weight excluding hydrogens is 238 g/mol. The molecule has 1 fully saturated rings. The van der Waals surface area contributed by atoms with Crippen LogP contribution in [-0.4, -0.2) is 33.2 Å². The van der Waals surface area contributed by atoms with Crippen LogP contribution in [0.2, 0.25) is 0 Å². The van der Waals surface area contributed by atoms with Gasteiger partial charge < -0.3 is 10.6 Å². The minimum absolute atomic E-state index is 0.0462. The molecule has 0 unspecified atom stereocenters. The third-order valence-corrected chi connectivity index (χ3v) is 4.00. The molecule has 2 aromatic rings. The summed E-state index contributed by atoms with van der Waals surface area (Å²) >= 11 is 0. The summed E-state index contributed by atoms with van der Waals surface area (Å²) in [6.45, 7) is 8.19. The van der Waals surface area contributed by atoms with Crippen LogP contribution in [0.15, 0.2) is 18.5 Å². The summed E-state index contributed by atoms with van der Waals surface area (Å²) in [5.41, 5.74) is 8.36. The summed E-state index contributed by atoms with van der Waals surface area (Å²) < 4.78 is 1.92. The molecule has 3 rings (SSSR count). The van der Waals surface area contributed by atoms with Gasteiger partial charge in [0, 0.05) is 25.5 Å². The fourth-order valence-corrected chi connectivity index (χ4v) is 2.54. The largest absolute Gasteiger partial charge is 0.351 e. The molecule has 1 aliphatic rings. The maximum Gasteiger partial charge on any atom is 0.154 e. The Morgan fingerprint density at radius 2 is 2.16 bits per heavy atom. The molecule has 1 aliphatic heterocycles. The second kappa shape index (κ2) is 4.20. The quantitative estimate of drug-likeness (QED) is 0.912. The Bertz CT molecular complexity index is 595. The normalized spacial score (nSPS) is 18.1. The molecule has 0 bridgehead atoms. The number of nitrogens with two attached hydrogens (primary N) is 1. The van der Waals surface area contributed by atoms with Gasteiger partial charge in [-0.15, -0.1) is 0 Å². The maximum absolute atomic E-state index is 6.24. The zero-order valence-corrected chi connectivity index (χ0v) is 11.8. The first-order valence-electron chi connectivity index (χ1n) is 6.90. The van der Waals surface area contributed by atoms with E-state index in [1.54, 1.807) is 0 Å². The molecule has 0 spiro atoms. The minimum Gasteiger partial charge on any atom is -0.351 e. The predicted octanol–water partition coefficient (Wildman–Crippen LogP) is 1.78. The third-order valence-electron chi connectivity index (χ3n) is 4.00. The Labute approximate surface area is 113 Å². The summed E-state index contributed by atoms with van der Waals surface area (Å²) in [5, 5.41) is 4.59. The van der Waals surface area contributed by atoms with Crippen LogP contribution in [0.1, 0.15) is 38.8 Å². The fraction of sp³-hybridized carbons (Fsp3) is 0.571. The van der Waals surface area contributed by atoms with E-state index in [1.807, 2.05) is 16.9 Å². The van der Waals surface area contributed by atoms with E-state index in [1.165, 1.54) is 0 Å². The van der Waals surface area contributed by atoms with Crippen molar-refractivity contribution in [2.24, 2.45) is 5.73 Å². The molecule has 0 saturated carbocycles. The van der Waals surface area contributed by atoms with Crippen molar-refractivity contribution in [3.05, 3.63) is 24.2 Å². The van der Waals surface area contributed by atoms with Crippen molar-refractivity contribution >= 4 is 11.3 Å². The first-order chi connectivity index (χ1) is 9.02. The van der Waals surface area contributed by atoms with Crippen LogP contribution in [-0.2, 0) is 0 Å². The van der Waals surface area contributed by atoms with Crippen molar-refractivity contribution < 1.29 is 0 Å². The Kier molecular flexibility index (Phi) is 2.74. The SMILES string of the molecule is CCC1(N)CN(c2nccn3nc(C(C)C)cc23)C1. The second-order valence-electron chi connectivity index (χ2n) is 5.88. The Balaban J connectivity index is 1.96. The van der Waals surface area contributed by atoms with E-state index in [2.05, 4.69) is 41.8 Å². The highest BCUT2D eigenvalue weighted by molar-refractivity contribution is 5.70. The van der Waals surface area contributed by atoms with Crippen molar-refractivity contribution in [1.29, 1.82) is 0 Å². The standard InChI is InChI=1S/C14H21N5/c1-4-14(15)8-18(9-14)13-12-7-11(10(2)3)17-19(12)6-5-16-13/h5-7,10H,4,8-9,15H2,1-3H3. The molecule has 0 atom stereocenters. The van der Waals surface area contributed by atoms with Crippen LogP contribution >= 0.6 is 0 Å². The summed E-state index contributed by atoms with van der Waals surface area (Å²) in [7, 11) is 0. The van der Waals surface area contributed by atoms with Gasteiger partial charge in [0.05, 0.1) is 11.2 Å². The van der Waals surface area contributed by atoms with Crippen molar-refractivity contribution in [2.45, 2.75) is 38.6 Å². The third kappa shape index (κ3) is 1.98. The number of rotatable bonds is 3. The molecule has 2 aromatic heterocycles. The van der Waals surface area contributed by atoms with Gasteiger partial charge in [-0.25, -0.2) is 9.50 Å². The number of anilines is 1. The summed E-state index contributed by atoms with van der Waals surface area (Å²) in [4.78, 5) is 6.75. The van der Waals surface area contributed by atoms with E-state index >= 15 is 0 Å². The van der Waals surface area contributed by atoms with Gasteiger partial charge in [-0.05, 0) is 18.4 Å². The van der Waals surface area contributed by atoms with Crippen LogP contribution in [0.5, 0.6) is 0 Å². The molecule has 5 nitrogen and oxygen atoms in total. The van der Waals surface area contributed by atoms with Gasteiger partial charge in [-0.2, -0.15) is 5.10 Å². The van der Waals surface area contributed by atoms with Crippen LogP contribution in [0.3, 0.4) is 0 Å². The van der Waals surface area contributed by atoms with E-state index in [4.69, 9.17) is 5.73 Å². The maximum atomic E-state index is 6.24. The van der Waals surface area contributed by atoms with Crippen molar-refractivity contribution in [3.63, 3.8) is 0 Å². The first-order valence-corrected chi connectivity index (χ1v) is 6.90. The fourth-order valence-electron chi connectivity index (χ4n) is 2.54. The van der Waals surface area contributed by atoms with Crippen molar-refractivity contribution in [1.82, 2.24) is 14.6 Å². The average molecular weight is 259 g/mol. The Morgan fingerprint density at radius 1 is 1.42 bits per heavy atom. The van der Waals surface area contributed by atoms with Crippen LogP contribution < -0.4 is 10.6 Å². The topological polar surface area (TPSA) is 59.5 Å². The second-order valence-corrected chi connectivity index (χ2v) is 5.88. The molecule has 3 heterocycles. The van der Waals surface area contributed by atoms with Gasteiger partial charge in [-0.3, -0.25) is 0 Å². The Morgan fingerprint density at radius 3 is 2.79 bits per heavy atom. The van der Waals surface area contributed by atoms with Gasteiger partial charge in [0.25, 0.3) is 0 Å². The summed E-state index contributed by atoms with van der Waals surface area (Å²) in [6, 6.07) is 2.13. The molecule has 19 heavy (non-hydrogen) atoms. The van der Waals surface area contributed by atoms with E-state index in [0.717, 1.165) is 36.5 Å². The highest BCUT2D eigenvalue weighted by Gasteiger charge is 2.39. The van der Waals surface area contributed by atoms with E-state index < -0.39 is 0 Å². The van der Waals surface area contributed by atoms with Gasteiger partial charge in [0.1, 0.15) is 5.52 Å². The van der Waals surface area contributed by atoms with Gasteiger partial charge in [0.2, 0.25) is 0 Å². The van der Waals surface area contributed by atoms with E-state index in [0.29, 0.717) is 5.92 Å². The first kappa shape index (κ1) is 12.4. The number of fused-ring (bicyclic) bond motifs is 1. The molecule has 0 radical (unpaired) electrons. The monoisotopic (exact) mass is 259 g/mol. The zero-order chi connectivity index (χ0) is 13.6. The molecule has 1 saturated heterocycles. The molecule has 0 amide bonds. The highest BCUT2D eigenvalue weighted by atomic mass is 15.3. The van der Waals surface area contributed by atoms with Gasteiger partial charge in [0.15, 0.2) is 5.82 Å². The van der Waals surface area contributed by atoms with Crippen LogP contribution in [0, 0.1) is 0 Å². The molecule has 2 N–H and O–H groups in total. The summed E-state index contributed by atoms with van der Waals surface area (Å²) in [5.74, 6) is 1.42. The lowest BCUT2D eigenvalue weighted by Gasteiger charge is -2.48. The molecule has 102 valence electrons. The summed E-state index contributed by atoms with van der Waals surface area (Å²) in [6.07, 6.45) is 4.71. The number of hydrogen-bond donors (Lipinski definition) is 1. The lowest BCUT2D eigenvalue weighted by molar-refractivity contribution is 0.320. The number of aromatic nitrogens is 3. The minimum atomic E-state index is -0.0462. The highest BCUT2D eigenvalue weighted by Crippen LogP contribution is 2.30. The Hall–Kier alpha value is -1.62. The predicted molar refractivity (Wildman–Crippen MR) is 76.5 cm³/mol. The zero-order valence-electron chi connectivity index (χ0n) is 11.8. The molecule has 0 aromatic carbocycles.